The van der Waals surface area contributed by atoms with Crippen molar-refractivity contribution >= 4 is 29.3 Å². The van der Waals surface area contributed by atoms with Crippen LogP contribution in [0.5, 0.6) is 0 Å². The number of rotatable bonds is 6. The zero-order valence-electron chi connectivity index (χ0n) is 17.3. The Morgan fingerprint density at radius 1 is 1.03 bits per heavy atom. The first kappa shape index (κ1) is 21.4. The normalized spacial score (nSPS) is 16.9. The highest BCUT2D eigenvalue weighted by molar-refractivity contribution is 5.83. The van der Waals surface area contributed by atoms with Crippen LogP contribution >= 0.6 is 0 Å². The highest BCUT2D eigenvalue weighted by atomic mass is 15.3. The number of nitrogens with two attached hydrogens (primary N) is 1. The number of benzene rings is 2. The minimum atomic E-state index is 0. The van der Waals surface area contributed by atoms with Crippen LogP contribution in [0.3, 0.4) is 0 Å². The van der Waals surface area contributed by atoms with E-state index in [-0.39, 0.29) is 7.43 Å². The molecule has 162 valence electrons. The lowest BCUT2D eigenvalue weighted by Crippen LogP contribution is -2.59. The molecular weight excluding hydrogens is 384 g/mol. The number of likely N-dealkylation sites (tertiary alicyclic amines) is 1. The maximum absolute atomic E-state index is 5.71. The van der Waals surface area contributed by atoms with Crippen LogP contribution in [0.1, 0.15) is 25.8 Å². The van der Waals surface area contributed by atoms with Gasteiger partial charge in [-0.2, -0.15) is 0 Å². The fraction of sp³-hybridized carbons (Fsp3) is 0.400. The lowest BCUT2D eigenvalue weighted by molar-refractivity contribution is 0.204. The second-order valence-electron chi connectivity index (χ2n) is 8.27. The summed E-state index contributed by atoms with van der Waals surface area (Å²) in [6, 6.07) is 13.2. The van der Waals surface area contributed by atoms with Gasteiger partial charge in [0, 0.05) is 19.1 Å². The standard InChI is InChI=1S/C24H28N6.CH4/c1-26-22-12-18(5-4-17(22)8-9-25)19-6-7-21-23(13-19)28-24(14-27-21)30-15-20(16-30)29-10-2-3-11-29;/h4-7,12-14,20H,1-3,8-11,15-16,25H2;1H4. The Morgan fingerprint density at radius 2 is 1.77 bits per heavy atom. The topological polar surface area (TPSA) is 70.6 Å². The Hall–Kier alpha value is -2.83. The van der Waals surface area contributed by atoms with Crippen LogP contribution in [0.4, 0.5) is 11.5 Å². The minimum absolute atomic E-state index is 0. The van der Waals surface area contributed by atoms with Crippen molar-refractivity contribution in [2.45, 2.75) is 32.7 Å². The van der Waals surface area contributed by atoms with Crippen LogP contribution in [-0.4, -0.2) is 60.4 Å². The number of hydrogen-bond donors (Lipinski definition) is 1. The number of fused-ring (bicyclic) bond motifs is 1. The third-order valence-corrected chi connectivity index (χ3v) is 6.38. The van der Waals surface area contributed by atoms with E-state index in [2.05, 4.69) is 56.8 Å². The van der Waals surface area contributed by atoms with Gasteiger partial charge in [0.2, 0.25) is 0 Å². The van der Waals surface area contributed by atoms with E-state index in [9.17, 15) is 0 Å². The number of nitrogens with zero attached hydrogens (tertiary/aromatic N) is 5. The smallest absolute Gasteiger partial charge is 0.147 e. The molecule has 2 fully saturated rings. The molecule has 2 N–H and O–H groups in total. The van der Waals surface area contributed by atoms with Crippen LogP contribution in [0.15, 0.2) is 47.6 Å². The first-order valence-electron chi connectivity index (χ1n) is 10.8. The van der Waals surface area contributed by atoms with Crippen LogP contribution in [-0.2, 0) is 6.42 Å². The monoisotopic (exact) mass is 416 g/mol. The van der Waals surface area contributed by atoms with Gasteiger partial charge in [-0.15, -0.1) is 0 Å². The Kier molecular flexibility index (Phi) is 6.30. The van der Waals surface area contributed by atoms with Crippen molar-refractivity contribution in [3.63, 3.8) is 0 Å². The molecule has 2 saturated heterocycles. The fourth-order valence-corrected chi connectivity index (χ4v) is 4.57. The summed E-state index contributed by atoms with van der Waals surface area (Å²) in [6.45, 7) is 8.92. The third-order valence-electron chi connectivity index (χ3n) is 6.38. The molecule has 6 heteroatoms. The molecule has 3 aromatic rings. The second kappa shape index (κ2) is 9.12. The maximum atomic E-state index is 5.71. The third kappa shape index (κ3) is 4.18. The molecule has 5 rings (SSSR count). The van der Waals surface area contributed by atoms with E-state index in [4.69, 9.17) is 10.7 Å². The molecule has 0 atom stereocenters. The van der Waals surface area contributed by atoms with E-state index in [0.29, 0.717) is 12.6 Å². The molecule has 2 aliphatic rings. The predicted octanol–water partition coefficient (Wildman–Crippen LogP) is 4.05. The second-order valence-corrected chi connectivity index (χ2v) is 8.27. The van der Waals surface area contributed by atoms with E-state index in [0.717, 1.165) is 58.7 Å². The van der Waals surface area contributed by atoms with Crippen LogP contribution < -0.4 is 10.6 Å². The summed E-state index contributed by atoms with van der Waals surface area (Å²) in [5, 5.41) is 0. The van der Waals surface area contributed by atoms with Gasteiger partial charge in [0.15, 0.2) is 0 Å². The molecule has 0 aliphatic carbocycles. The number of aromatic nitrogens is 2. The molecule has 0 unspecified atom stereocenters. The van der Waals surface area contributed by atoms with Gasteiger partial charge in [-0.1, -0.05) is 25.6 Å². The van der Waals surface area contributed by atoms with Gasteiger partial charge in [0.05, 0.1) is 22.9 Å². The van der Waals surface area contributed by atoms with Gasteiger partial charge in [-0.3, -0.25) is 14.9 Å². The molecule has 2 aromatic carbocycles. The summed E-state index contributed by atoms with van der Waals surface area (Å²) in [5.41, 5.74) is 11.8. The Labute approximate surface area is 184 Å². The van der Waals surface area contributed by atoms with Gasteiger partial charge < -0.3 is 10.6 Å². The summed E-state index contributed by atoms with van der Waals surface area (Å²) in [4.78, 5) is 18.7. The maximum Gasteiger partial charge on any atom is 0.147 e. The Morgan fingerprint density at radius 3 is 2.52 bits per heavy atom. The zero-order chi connectivity index (χ0) is 20.5. The number of anilines is 1. The summed E-state index contributed by atoms with van der Waals surface area (Å²) >= 11 is 0. The Balaban J connectivity index is 0.00000231. The molecule has 0 spiro atoms. The zero-order valence-corrected chi connectivity index (χ0v) is 17.3. The Bertz CT molecular complexity index is 1070. The molecule has 3 heterocycles. The lowest BCUT2D eigenvalue weighted by Gasteiger charge is -2.44. The molecule has 0 bridgehead atoms. The molecule has 2 aliphatic heterocycles. The van der Waals surface area contributed by atoms with E-state index in [1.807, 2.05) is 12.3 Å². The quantitative estimate of drug-likeness (QED) is 0.614. The molecule has 31 heavy (non-hydrogen) atoms. The van der Waals surface area contributed by atoms with Crippen molar-refractivity contribution in [3.8, 4) is 11.1 Å². The van der Waals surface area contributed by atoms with Crippen molar-refractivity contribution in [1.82, 2.24) is 14.9 Å². The van der Waals surface area contributed by atoms with Crippen molar-refractivity contribution in [3.05, 3.63) is 48.2 Å². The predicted molar refractivity (Wildman–Crippen MR) is 130 cm³/mol. The van der Waals surface area contributed by atoms with Gasteiger partial charge in [-0.05, 0) is 80.5 Å². The summed E-state index contributed by atoms with van der Waals surface area (Å²) in [5.74, 6) is 0.974. The minimum Gasteiger partial charge on any atom is -0.352 e. The lowest BCUT2D eigenvalue weighted by atomic mass is 10.0. The SMILES string of the molecule is C.C=Nc1cc(-c2ccc3ncc(N4CC(N5CCCC5)C4)nc3c2)ccc1CCN. The molecule has 6 nitrogen and oxygen atoms in total. The first-order valence-corrected chi connectivity index (χ1v) is 10.8. The van der Waals surface area contributed by atoms with Gasteiger partial charge in [0.1, 0.15) is 5.82 Å². The van der Waals surface area contributed by atoms with Gasteiger partial charge in [0.25, 0.3) is 0 Å². The summed E-state index contributed by atoms with van der Waals surface area (Å²) in [6.07, 6.45) is 5.38. The molecule has 0 saturated carbocycles. The number of hydrogen-bond acceptors (Lipinski definition) is 6. The van der Waals surface area contributed by atoms with Crippen LogP contribution in [0.2, 0.25) is 0 Å². The van der Waals surface area contributed by atoms with E-state index >= 15 is 0 Å². The van der Waals surface area contributed by atoms with Crippen molar-refractivity contribution in [1.29, 1.82) is 0 Å². The fourth-order valence-electron chi connectivity index (χ4n) is 4.57. The average molecular weight is 417 g/mol. The van der Waals surface area contributed by atoms with Gasteiger partial charge in [-0.25, -0.2) is 4.98 Å². The molecule has 0 amide bonds. The highest BCUT2D eigenvalue weighted by Gasteiger charge is 2.33. The first-order chi connectivity index (χ1) is 14.7. The van der Waals surface area contributed by atoms with Crippen LogP contribution in [0, 0.1) is 0 Å². The van der Waals surface area contributed by atoms with Crippen molar-refractivity contribution in [2.24, 2.45) is 10.7 Å². The van der Waals surface area contributed by atoms with E-state index in [1.165, 1.54) is 25.9 Å². The number of aliphatic imine (C=N–C) groups is 1. The summed E-state index contributed by atoms with van der Waals surface area (Å²) < 4.78 is 0. The van der Waals surface area contributed by atoms with Crippen molar-refractivity contribution in [2.75, 3.05) is 37.6 Å². The molecular formula is C25H32N6. The summed E-state index contributed by atoms with van der Waals surface area (Å²) in [7, 11) is 0. The van der Waals surface area contributed by atoms with E-state index < -0.39 is 0 Å². The van der Waals surface area contributed by atoms with Gasteiger partial charge >= 0.3 is 0 Å². The van der Waals surface area contributed by atoms with Crippen LogP contribution in [0.25, 0.3) is 22.2 Å². The largest absolute Gasteiger partial charge is 0.352 e. The van der Waals surface area contributed by atoms with E-state index in [1.54, 1.807) is 0 Å². The molecule has 0 radical (unpaired) electrons. The van der Waals surface area contributed by atoms with Crippen molar-refractivity contribution < 1.29 is 0 Å². The average Bonchev–Trinajstić information content (AvgIpc) is 3.27. The molecule has 1 aromatic heterocycles. The highest BCUT2D eigenvalue weighted by Crippen LogP contribution is 2.30.